The molecule has 1 aliphatic rings. The first kappa shape index (κ1) is 18.3. The maximum atomic E-state index is 12.6. The van der Waals surface area contributed by atoms with E-state index in [0.717, 1.165) is 16.3 Å². The van der Waals surface area contributed by atoms with E-state index in [9.17, 15) is 9.59 Å². The number of thiazole rings is 1. The Bertz CT molecular complexity index is 934. The van der Waals surface area contributed by atoms with Gasteiger partial charge in [0.2, 0.25) is 5.91 Å². The van der Waals surface area contributed by atoms with Gasteiger partial charge in [-0.1, -0.05) is 6.07 Å². The second-order valence-electron chi connectivity index (χ2n) is 6.69. The zero-order chi connectivity index (χ0) is 19.3. The third kappa shape index (κ3) is 4.09. The third-order valence-corrected chi connectivity index (χ3v) is 5.69. The van der Waals surface area contributed by atoms with Crippen molar-refractivity contribution in [3.8, 4) is 10.6 Å². The topological polar surface area (TPSA) is 75.2 Å². The summed E-state index contributed by atoms with van der Waals surface area (Å²) in [6.45, 7) is 1.13. The molecular weight excluding hydrogens is 372 g/mol. The molecule has 0 radical (unpaired) electrons. The number of carbonyl (C=O) groups excluding carboxylic acids is 2. The van der Waals surface area contributed by atoms with Crippen molar-refractivity contribution in [1.82, 2.24) is 14.9 Å². The molecule has 2 aromatic heterocycles. The minimum Gasteiger partial charge on any atom is -0.337 e. The molecule has 7 heteroatoms. The summed E-state index contributed by atoms with van der Waals surface area (Å²) in [7, 11) is 0. The van der Waals surface area contributed by atoms with Crippen molar-refractivity contribution < 1.29 is 9.59 Å². The standard InChI is InChI=1S/C21H20N4O2S/c26-19(24-17-6-4-16(5-7-17)20-23-11-14-28-20)15-8-12-25(13-9-15)21(27)18-3-1-2-10-22-18/h1-7,10-11,14-15H,8-9,12-13H2,(H,24,26). The number of nitrogens with zero attached hydrogens (tertiary/aromatic N) is 3. The van der Waals surface area contributed by atoms with Crippen LogP contribution in [0.1, 0.15) is 23.3 Å². The summed E-state index contributed by atoms with van der Waals surface area (Å²) in [4.78, 5) is 35.2. The summed E-state index contributed by atoms with van der Waals surface area (Å²) in [6, 6.07) is 13.0. The third-order valence-electron chi connectivity index (χ3n) is 4.87. The lowest BCUT2D eigenvalue weighted by Gasteiger charge is -2.31. The quantitative estimate of drug-likeness (QED) is 0.735. The van der Waals surface area contributed by atoms with E-state index >= 15 is 0 Å². The molecule has 142 valence electrons. The van der Waals surface area contributed by atoms with Crippen LogP contribution in [0.15, 0.2) is 60.2 Å². The van der Waals surface area contributed by atoms with Gasteiger partial charge in [0.05, 0.1) is 0 Å². The van der Waals surface area contributed by atoms with Crippen LogP contribution in [0.3, 0.4) is 0 Å². The van der Waals surface area contributed by atoms with Gasteiger partial charge < -0.3 is 10.2 Å². The fourth-order valence-corrected chi connectivity index (χ4v) is 3.95. The molecule has 0 bridgehead atoms. The first-order valence-corrected chi connectivity index (χ1v) is 10.1. The Morgan fingerprint density at radius 3 is 2.43 bits per heavy atom. The van der Waals surface area contributed by atoms with Gasteiger partial charge in [-0.3, -0.25) is 14.6 Å². The molecule has 3 aromatic rings. The van der Waals surface area contributed by atoms with Gasteiger partial charge in [0.15, 0.2) is 0 Å². The van der Waals surface area contributed by atoms with Crippen LogP contribution in [-0.4, -0.2) is 39.8 Å². The average molecular weight is 392 g/mol. The van der Waals surface area contributed by atoms with Gasteiger partial charge in [-0.05, 0) is 49.2 Å². The lowest BCUT2D eigenvalue weighted by molar-refractivity contribution is -0.121. The summed E-state index contributed by atoms with van der Waals surface area (Å²) in [5, 5.41) is 5.89. The minimum absolute atomic E-state index is 0.00642. The van der Waals surface area contributed by atoms with Crippen LogP contribution >= 0.6 is 11.3 Å². The maximum Gasteiger partial charge on any atom is 0.272 e. The van der Waals surface area contributed by atoms with E-state index in [-0.39, 0.29) is 17.7 Å². The summed E-state index contributed by atoms with van der Waals surface area (Å²) in [5.41, 5.74) is 2.26. The molecule has 1 saturated heterocycles. The van der Waals surface area contributed by atoms with Crippen molar-refractivity contribution in [2.24, 2.45) is 5.92 Å². The van der Waals surface area contributed by atoms with E-state index in [1.54, 1.807) is 46.8 Å². The van der Waals surface area contributed by atoms with Crippen molar-refractivity contribution >= 4 is 28.8 Å². The summed E-state index contributed by atoms with van der Waals surface area (Å²) >= 11 is 1.58. The number of hydrogen-bond acceptors (Lipinski definition) is 5. The van der Waals surface area contributed by atoms with Gasteiger partial charge in [-0.15, -0.1) is 11.3 Å². The van der Waals surface area contributed by atoms with Gasteiger partial charge in [-0.25, -0.2) is 4.98 Å². The Morgan fingerprint density at radius 1 is 1.00 bits per heavy atom. The number of anilines is 1. The van der Waals surface area contributed by atoms with Crippen LogP contribution in [-0.2, 0) is 4.79 Å². The smallest absolute Gasteiger partial charge is 0.272 e. The number of hydrogen-bond donors (Lipinski definition) is 1. The number of aromatic nitrogens is 2. The van der Waals surface area contributed by atoms with Crippen LogP contribution in [0.5, 0.6) is 0 Å². The van der Waals surface area contributed by atoms with Crippen LogP contribution in [0.25, 0.3) is 10.6 Å². The van der Waals surface area contributed by atoms with E-state index in [1.165, 1.54) is 0 Å². The molecule has 0 spiro atoms. The Morgan fingerprint density at radius 2 is 1.79 bits per heavy atom. The molecule has 1 N–H and O–H groups in total. The first-order chi connectivity index (χ1) is 13.7. The van der Waals surface area contributed by atoms with Gasteiger partial charge >= 0.3 is 0 Å². The van der Waals surface area contributed by atoms with Gasteiger partial charge in [0, 0.05) is 48.0 Å². The Balaban J connectivity index is 1.31. The maximum absolute atomic E-state index is 12.6. The molecule has 0 saturated carbocycles. The molecule has 0 aliphatic carbocycles. The predicted molar refractivity (Wildman–Crippen MR) is 109 cm³/mol. The molecule has 1 fully saturated rings. The van der Waals surface area contributed by atoms with Crippen molar-refractivity contribution in [1.29, 1.82) is 0 Å². The first-order valence-electron chi connectivity index (χ1n) is 9.22. The van der Waals surface area contributed by atoms with Gasteiger partial charge in [0.25, 0.3) is 5.91 Å². The zero-order valence-electron chi connectivity index (χ0n) is 15.2. The molecular formula is C21H20N4O2S. The Kier molecular flexibility index (Phi) is 5.43. The monoisotopic (exact) mass is 392 g/mol. The lowest BCUT2D eigenvalue weighted by Crippen LogP contribution is -2.41. The number of piperidine rings is 1. The highest BCUT2D eigenvalue weighted by atomic mass is 32.1. The second kappa shape index (κ2) is 8.31. The van der Waals surface area contributed by atoms with Crippen molar-refractivity contribution in [2.45, 2.75) is 12.8 Å². The molecule has 2 amide bonds. The van der Waals surface area contributed by atoms with E-state index in [2.05, 4.69) is 15.3 Å². The van der Waals surface area contributed by atoms with E-state index in [1.807, 2.05) is 29.6 Å². The summed E-state index contributed by atoms with van der Waals surface area (Å²) < 4.78 is 0. The minimum atomic E-state index is -0.0913. The molecule has 1 aliphatic heterocycles. The van der Waals surface area contributed by atoms with E-state index < -0.39 is 0 Å². The number of benzene rings is 1. The van der Waals surface area contributed by atoms with Crippen LogP contribution in [0.2, 0.25) is 0 Å². The number of carbonyl (C=O) groups is 2. The molecule has 6 nitrogen and oxygen atoms in total. The highest BCUT2D eigenvalue weighted by Gasteiger charge is 2.28. The lowest BCUT2D eigenvalue weighted by atomic mass is 9.95. The fourth-order valence-electron chi connectivity index (χ4n) is 3.30. The number of likely N-dealkylation sites (tertiary alicyclic amines) is 1. The second-order valence-corrected chi connectivity index (χ2v) is 7.58. The Labute approximate surface area is 167 Å². The number of nitrogens with one attached hydrogen (secondary N) is 1. The van der Waals surface area contributed by atoms with Crippen molar-refractivity contribution in [2.75, 3.05) is 18.4 Å². The van der Waals surface area contributed by atoms with E-state index in [4.69, 9.17) is 0 Å². The van der Waals surface area contributed by atoms with E-state index in [0.29, 0.717) is 31.6 Å². The van der Waals surface area contributed by atoms with Gasteiger partial charge in [0.1, 0.15) is 10.7 Å². The van der Waals surface area contributed by atoms with Crippen LogP contribution in [0, 0.1) is 5.92 Å². The molecule has 0 atom stereocenters. The average Bonchev–Trinajstić information content (AvgIpc) is 3.29. The predicted octanol–water partition coefficient (Wildman–Crippen LogP) is 3.70. The van der Waals surface area contributed by atoms with Crippen molar-refractivity contribution in [3.05, 3.63) is 65.9 Å². The molecule has 3 heterocycles. The largest absolute Gasteiger partial charge is 0.337 e. The van der Waals surface area contributed by atoms with Gasteiger partial charge in [-0.2, -0.15) is 0 Å². The number of amides is 2. The molecule has 1 aromatic carbocycles. The van der Waals surface area contributed by atoms with Crippen LogP contribution in [0.4, 0.5) is 5.69 Å². The Hall–Kier alpha value is -3.06. The van der Waals surface area contributed by atoms with Crippen molar-refractivity contribution in [3.63, 3.8) is 0 Å². The SMILES string of the molecule is O=C(Nc1ccc(-c2nccs2)cc1)C1CCN(C(=O)c2ccccn2)CC1. The summed E-state index contributed by atoms with van der Waals surface area (Å²) in [5.74, 6) is -0.157. The molecule has 4 rings (SSSR count). The number of rotatable bonds is 4. The summed E-state index contributed by atoms with van der Waals surface area (Å²) in [6.07, 6.45) is 4.71. The highest BCUT2D eigenvalue weighted by molar-refractivity contribution is 7.13. The normalized spacial score (nSPS) is 14.6. The fraction of sp³-hybridized carbons (Fsp3) is 0.238. The molecule has 28 heavy (non-hydrogen) atoms. The zero-order valence-corrected chi connectivity index (χ0v) is 16.1. The van der Waals surface area contributed by atoms with Crippen LogP contribution < -0.4 is 5.32 Å². The number of pyridine rings is 1. The highest BCUT2D eigenvalue weighted by Crippen LogP contribution is 2.24. The molecule has 0 unspecified atom stereocenters.